The van der Waals surface area contributed by atoms with Crippen molar-refractivity contribution in [1.82, 2.24) is 0 Å². The van der Waals surface area contributed by atoms with Crippen LogP contribution in [0.5, 0.6) is 0 Å². The molecule has 0 rings (SSSR count). The van der Waals surface area contributed by atoms with Crippen LogP contribution in [0.4, 0.5) is 0 Å². The van der Waals surface area contributed by atoms with Crippen LogP contribution in [0.15, 0.2) is 0 Å². The Kier molecular flexibility index (Phi) is 196. The normalized spacial score (nSPS) is 3.60. The van der Waals surface area contributed by atoms with Gasteiger partial charge >= 0.3 is 178 Å². The summed E-state index contributed by atoms with van der Waals surface area (Å²) in [6.07, 6.45) is 0. The van der Waals surface area contributed by atoms with E-state index < -0.39 is 14.6 Å². The molecule has 72 valence electrons. The Labute approximate surface area is 239 Å². The standard InChI is InChI=1S/BHO3.BO3.2Ca.ClH.2K.2H2O/c2*2-1(3)4;;;;;;;/h2H;;;;1H;;;2*1H2/q-2;-3;2*+2;;2*+1;;/p-1. The van der Waals surface area contributed by atoms with Gasteiger partial charge in [0.1, 0.15) is 0 Å². The van der Waals surface area contributed by atoms with E-state index in [2.05, 4.69) is 0 Å². The summed E-state index contributed by atoms with van der Waals surface area (Å²) < 4.78 is 0. The molecule has 15 heteroatoms. The second kappa shape index (κ2) is 50.2. The summed E-state index contributed by atoms with van der Waals surface area (Å²) in [4.78, 5) is 0. The molecule has 0 aliphatic heterocycles. The molecular weight excluding hydrogens is 343 g/mol. The van der Waals surface area contributed by atoms with Gasteiger partial charge < -0.3 is 53.5 Å². The van der Waals surface area contributed by atoms with Crippen LogP contribution in [0.3, 0.4) is 0 Å². The van der Waals surface area contributed by atoms with E-state index in [1.54, 1.807) is 0 Å². The summed E-state index contributed by atoms with van der Waals surface area (Å²) in [5.41, 5.74) is 0. The Morgan fingerprint density at radius 3 is 0.733 bits per heavy atom. The van der Waals surface area contributed by atoms with Crippen LogP contribution in [-0.2, 0) is 0 Å². The van der Waals surface area contributed by atoms with Crippen LogP contribution in [0.1, 0.15) is 0 Å². The van der Waals surface area contributed by atoms with Gasteiger partial charge in [0, 0.05) is 0 Å². The van der Waals surface area contributed by atoms with Crippen LogP contribution in [0, 0.1) is 0 Å². The maximum Gasteiger partial charge on any atom is 2.00 e. The van der Waals surface area contributed by atoms with Crippen LogP contribution >= 0.6 is 0 Å². The predicted molar refractivity (Wildman–Crippen MR) is 32.5 cm³/mol. The molecule has 0 bridgehead atoms. The van der Waals surface area contributed by atoms with Gasteiger partial charge in [0.15, 0.2) is 0 Å². The molecule has 0 heterocycles. The molecule has 0 aromatic carbocycles. The zero-order chi connectivity index (χ0) is 7.15. The van der Waals surface area contributed by atoms with Gasteiger partial charge in [-0.15, -0.1) is 0 Å². The summed E-state index contributed by atoms with van der Waals surface area (Å²) in [5, 5.41) is 49.2. The fourth-order valence-electron chi connectivity index (χ4n) is 0. The van der Waals surface area contributed by atoms with Gasteiger partial charge in [0.25, 0.3) is 0 Å². The Bertz CT molecular complexity index is 44.1. The average molecular weight is 348 g/mol. The van der Waals surface area contributed by atoms with Crippen molar-refractivity contribution in [1.29, 1.82) is 0 Å². The summed E-state index contributed by atoms with van der Waals surface area (Å²) in [6.45, 7) is 0. The molecule has 5 N–H and O–H groups in total. The number of rotatable bonds is 0. The minimum atomic E-state index is -2.92. The summed E-state index contributed by atoms with van der Waals surface area (Å²) >= 11 is 0. The van der Waals surface area contributed by atoms with E-state index in [4.69, 9.17) is 30.1 Å². The monoisotopic (exact) mass is 348 g/mol. The summed E-state index contributed by atoms with van der Waals surface area (Å²) in [6, 6.07) is 0. The molecule has 0 fully saturated rings. The summed E-state index contributed by atoms with van der Waals surface area (Å²) in [5.74, 6) is 0. The van der Waals surface area contributed by atoms with Crippen molar-refractivity contribution in [3.8, 4) is 0 Å². The van der Waals surface area contributed by atoms with Crippen molar-refractivity contribution >= 4 is 90.1 Å². The van der Waals surface area contributed by atoms with Crippen LogP contribution in [0.2, 0.25) is 0 Å². The molecule has 0 aromatic rings. The Balaban J connectivity index is -0.00000000468. The molecule has 0 aliphatic carbocycles. The molecule has 0 saturated carbocycles. The number of hydrogen-bond acceptors (Lipinski definition) is 6. The third kappa shape index (κ3) is 183. The van der Waals surface area contributed by atoms with Gasteiger partial charge in [0.2, 0.25) is 0 Å². The zero-order valence-corrected chi connectivity index (χ0v) is 19.9. The second-order valence-corrected chi connectivity index (χ2v) is 0.596. The fourth-order valence-corrected chi connectivity index (χ4v) is 0. The van der Waals surface area contributed by atoms with Crippen molar-refractivity contribution in [3.05, 3.63) is 0 Å². The fraction of sp³-hybridized carbons (Fsp3) is 0. The summed E-state index contributed by atoms with van der Waals surface area (Å²) in [7, 11) is -5.58. The third-order valence-corrected chi connectivity index (χ3v) is 0. The van der Waals surface area contributed by atoms with Crippen molar-refractivity contribution in [2.75, 3.05) is 0 Å². The maximum absolute atomic E-state index is 8.53. The van der Waals surface area contributed by atoms with Crippen molar-refractivity contribution in [2.24, 2.45) is 0 Å². The first kappa shape index (κ1) is 58.5. The van der Waals surface area contributed by atoms with Crippen LogP contribution in [0.25, 0.3) is 0 Å². The predicted octanol–water partition coefficient (Wildman–Crippen LogP) is -18.7. The van der Waals surface area contributed by atoms with Gasteiger partial charge in [-0.05, 0) is 0 Å². The van der Waals surface area contributed by atoms with Crippen LogP contribution in [-0.4, -0.2) is 106 Å². The van der Waals surface area contributed by atoms with E-state index in [1.807, 2.05) is 0 Å². The maximum atomic E-state index is 8.53. The van der Waals surface area contributed by atoms with Crippen LogP contribution < -0.4 is 140 Å². The molecule has 0 aromatic heterocycles. The molecular formula is H5B2Ca2ClK2O8. The van der Waals surface area contributed by atoms with E-state index in [-0.39, 0.29) is 202 Å². The molecule has 0 unspecified atom stereocenters. The smallest absolute Gasteiger partial charge is 1.00 e. The Morgan fingerprint density at radius 1 is 0.733 bits per heavy atom. The van der Waals surface area contributed by atoms with E-state index in [9.17, 15) is 0 Å². The molecule has 0 aliphatic rings. The molecule has 0 amide bonds. The van der Waals surface area contributed by atoms with Crippen molar-refractivity contribution in [2.45, 2.75) is 0 Å². The Hall–Kier alpha value is 5.89. The molecule has 8 nitrogen and oxygen atoms in total. The molecule has 15 heavy (non-hydrogen) atoms. The van der Waals surface area contributed by atoms with E-state index in [0.29, 0.717) is 0 Å². The second-order valence-electron chi connectivity index (χ2n) is 0.596. The number of halogens is 1. The van der Waals surface area contributed by atoms with Gasteiger partial charge in [-0.25, -0.2) is 0 Å². The van der Waals surface area contributed by atoms with Gasteiger partial charge in [-0.1, -0.05) is 0 Å². The molecule has 0 saturated heterocycles. The molecule has 0 spiro atoms. The van der Waals surface area contributed by atoms with Crippen molar-refractivity contribution < 1.29 is 156 Å². The van der Waals surface area contributed by atoms with Gasteiger partial charge in [-0.2, -0.15) is 0 Å². The molecule has 0 atom stereocenters. The largest absolute Gasteiger partial charge is 2.00 e. The first-order valence-electron chi connectivity index (χ1n) is 1.44. The minimum Gasteiger partial charge on any atom is -1.00 e. The third-order valence-electron chi connectivity index (χ3n) is 0. The average Bonchev–Trinajstić information content (AvgIpc) is 1.25. The first-order valence-corrected chi connectivity index (χ1v) is 1.44. The minimum absolute atomic E-state index is 0. The van der Waals surface area contributed by atoms with Crippen molar-refractivity contribution in [3.63, 3.8) is 0 Å². The molecule has 0 radical (unpaired) electrons. The van der Waals surface area contributed by atoms with E-state index >= 15 is 0 Å². The first-order chi connectivity index (χ1) is 3.46. The van der Waals surface area contributed by atoms with E-state index in [1.165, 1.54) is 0 Å². The van der Waals surface area contributed by atoms with Gasteiger partial charge in [0.05, 0.1) is 7.32 Å². The van der Waals surface area contributed by atoms with Gasteiger partial charge in [-0.3, -0.25) is 7.32 Å². The van der Waals surface area contributed by atoms with E-state index in [0.717, 1.165) is 0 Å². The quantitative estimate of drug-likeness (QED) is 0.421. The Morgan fingerprint density at radius 2 is 0.733 bits per heavy atom. The topological polar surface area (TPSA) is 199 Å². The number of hydrogen-bond donors (Lipinski definition) is 1. The SMILES string of the molecule is O.O.[Ca+2].[Ca+2].[Cl-].[K+].[K+].[O-]B([O-])O.[O-]B([O-])[O-]. The zero-order valence-electron chi connectivity index (χ0n) is 8.44.